The van der Waals surface area contributed by atoms with Crippen LogP contribution < -0.4 is 15.0 Å². The smallest absolute Gasteiger partial charge is 0.335 e. The van der Waals surface area contributed by atoms with Crippen molar-refractivity contribution in [3.05, 3.63) is 69.8 Å². The molecule has 142 valence electrons. The van der Waals surface area contributed by atoms with E-state index in [-0.39, 0.29) is 16.9 Å². The van der Waals surface area contributed by atoms with E-state index >= 15 is 0 Å². The quantitative estimate of drug-likeness (QED) is 0.368. The van der Waals surface area contributed by atoms with Gasteiger partial charge in [0.05, 0.1) is 17.2 Å². The van der Waals surface area contributed by atoms with E-state index in [0.717, 1.165) is 6.07 Å². The fourth-order valence-electron chi connectivity index (χ4n) is 2.63. The third kappa shape index (κ3) is 3.73. The molecule has 3 rings (SSSR count). The summed E-state index contributed by atoms with van der Waals surface area (Å²) in [4.78, 5) is 48.1. The topological polar surface area (TPSA) is 119 Å². The SMILES string of the molecule is CCOc1ccc(/C=C2\C(=O)NC(=O)N(c3cccc([N+](=O)[O-])c3)C2=O)cc1. The molecule has 9 heteroatoms. The van der Waals surface area contributed by atoms with E-state index in [1.54, 1.807) is 24.3 Å². The van der Waals surface area contributed by atoms with Gasteiger partial charge >= 0.3 is 6.03 Å². The van der Waals surface area contributed by atoms with Crippen molar-refractivity contribution >= 4 is 35.3 Å². The lowest BCUT2D eigenvalue weighted by molar-refractivity contribution is -0.384. The Morgan fingerprint density at radius 2 is 1.86 bits per heavy atom. The fourth-order valence-corrected chi connectivity index (χ4v) is 2.63. The summed E-state index contributed by atoms with van der Waals surface area (Å²) in [5.74, 6) is -1.08. The number of carbonyl (C=O) groups is 3. The first-order valence-corrected chi connectivity index (χ1v) is 8.29. The summed E-state index contributed by atoms with van der Waals surface area (Å²) in [6.07, 6.45) is 1.34. The second-order valence-electron chi connectivity index (χ2n) is 5.74. The standard InChI is InChI=1S/C19H15N3O6/c1-2-28-15-8-6-12(7-9-15)10-16-17(23)20-19(25)21(18(16)24)13-4-3-5-14(11-13)22(26)27/h3-11H,2H2,1H3,(H,20,23,25)/b16-10+. The Bertz CT molecular complexity index is 997. The Hall–Kier alpha value is -4.01. The zero-order valence-corrected chi connectivity index (χ0v) is 14.7. The van der Waals surface area contributed by atoms with Gasteiger partial charge in [0.25, 0.3) is 17.5 Å². The number of carbonyl (C=O) groups excluding carboxylic acids is 3. The predicted octanol–water partition coefficient (Wildman–Crippen LogP) is 2.66. The Morgan fingerprint density at radius 1 is 1.14 bits per heavy atom. The van der Waals surface area contributed by atoms with Crippen molar-refractivity contribution in [1.29, 1.82) is 0 Å². The number of rotatable bonds is 5. The summed E-state index contributed by atoms with van der Waals surface area (Å²) in [5, 5.41) is 13.0. The number of imide groups is 2. The average molecular weight is 381 g/mol. The molecule has 0 bridgehead atoms. The minimum absolute atomic E-state index is 0.0122. The van der Waals surface area contributed by atoms with E-state index in [2.05, 4.69) is 5.32 Å². The first-order valence-electron chi connectivity index (χ1n) is 8.29. The first-order chi connectivity index (χ1) is 13.4. The van der Waals surface area contributed by atoms with Crippen LogP contribution in [0.4, 0.5) is 16.2 Å². The van der Waals surface area contributed by atoms with Gasteiger partial charge in [-0.25, -0.2) is 9.69 Å². The van der Waals surface area contributed by atoms with E-state index < -0.39 is 22.8 Å². The molecule has 1 N–H and O–H groups in total. The summed E-state index contributed by atoms with van der Waals surface area (Å²) in [7, 11) is 0. The molecule has 28 heavy (non-hydrogen) atoms. The number of barbiturate groups is 1. The van der Waals surface area contributed by atoms with Crippen LogP contribution in [-0.2, 0) is 9.59 Å². The van der Waals surface area contributed by atoms with Crippen molar-refractivity contribution in [3.63, 3.8) is 0 Å². The zero-order chi connectivity index (χ0) is 20.3. The number of ether oxygens (including phenoxy) is 1. The molecule has 0 spiro atoms. The third-order valence-corrected chi connectivity index (χ3v) is 3.90. The zero-order valence-electron chi connectivity index (χ0n) is 14.7. The van der Waals surface area contributed by atoms with Gasteiger partial charge in [-0.05, 0) is 36.8 Å². The highest BCUT2D eigenvalue weighted by atomic mass is 16.6. The second-order valence-corrected chi connectivity index (χ2v) is 5.74. The molecule has 2 aromatic carbocycles. The maximum atomic E-state index is 12.8. The van der Waals surface area contributed by atoms with Crippen molar-refractivity contribution in [1.82, 2.24) is 5.32 Å². The lowest BCUT2D eigenvalue weighted by atomic mass is 10.1. The molecular formula is C19H15N3O6. The van der Waals surface area contributed by atoms with Crippen LogP contribution in [0, 0.1) is 10.1 Å². The van der Waals surface area contributed by atoms with Crippen molar-refractivity contribution in [3.8, 4) is 5.75 Å². The predicted molar refractivity (Wildman–Crippen MR) is 99.7 cm³/mol. The van der Waals surface area contributed by atoms with Gasteiger partial charge < -0.3 is 4.74 Å². The summed E-state index contributed by atoms with van der Waals surface area (Å²) in [5.41, 5.74) is -0.0144. The van der Waals surface area contributed by atoms with Crippen LogP contribution >= 0.6 is 0 Å². The average Bonchev–Trinajstić information content (AvgIpc) is 2.67. The van der Waals surface area contributed by atoms with E-state index in [1.165, 1.54) is 24.3 Å². The molecule has 1 saturated heterocycles. The van der Waals surface area contributed by atoms with Crippen LogP contribution in [0.15, 0.2) is 54.1 Å². The number of nitro benzene ring substituents is 1. The van der Waals surface area contributed by atoms with E-state index in [0.29, 0.717) is 22.8 Å². The minimum Gasteiger partial charge on any atom is -0.494 e. The molecule has 0 unspecified atom stereocenters. The van der Waals surface area contributed by atoms with Crippen LogP contribution in [0.5, 0.6) is 5.75 Å². The molecule has 9 nitrogen and oxygen atoms in total. The highest BCUT2D eigenvalue weighted by Gasteiger charge is 2.37. The normalized spacial score (nSPS) is 15.5. The molecule has 4 amide bonds. The second kappa shape index (κ2) is 7.70. The molecule has 0 atom stereocenters. The number of amides is 4. The monoisotopic (exact) mass is 381 g/mol. The molecule has 2 aromatic rings. The molecule has 1 fully saturated rings. The number of non-ortho nitro benzene ring substituents is 1. The number of hydrogen-bond donors (Lipinski definition) is 1. The highest BCUT2D eigenvalue weighted by Crippen LogP contribution is 2.25. The number of urea groups is 1. The van der Waals surface area contributed by atoms with Crippen molar-refractivity contribution in [2.75, 3.05) is 11.5 Å². The summed E-state index contributed by atoms with van der Waals surface area (Å²) in [6.45, 7) is 2.35. The number of benzene rings is 2. The summed E-state index contributed by atoms with van der Waals surface area (Å²) >= 11 is 0. The highest BCUT2D eigenvalue weighted by molar-refractivity contribution is 6.39. The van der Waals surface area contributed by atoms with E-state index in [1.807, 2.05) is 6.92 Å². The Morgan fingerprint density at radius 3 is 2.50 bits per heavy atom. The molecule has 0 saturated carbocycles. The van der Waals surface area contributed by atoms with Gasteiger partial charge in [-0.3, -0.25) is 25.0 Å². The largest absolute Gasteiger partial charge is 0.494 e. The molecule has 0 aliphatic carbocycles. The molecular weight excluding hydrogens is 366 g/mol. The number of nitro groups is 1. The fraction of sp³-hybridized carbons (Fsp3) is 0.105. The van der Waals surface area contributed by atoms with Gasteiger partial charge in [-0.2, -0.15) is 0 Å². The molecule has 0 radical (unpaired) electrons. The molecule has 1 aliphatic heterocycles. The minimum atomic E-state index is -0.973. The summed E-state index contributed by atoms with van der Waals surface area (Å²) < 4.78 is 5.34. The van der Waals surface area contributed by atoms with Gasteiger partial charge in [-0.15, -0.1) is 0 Å². The molecule has 1 aliphatic rings. The van der Waals surface area contributed by atoms with Crippen molar-refractivity contribution < 1.29 is 24.0 Å². The lowest BCUT2D eigenvalue weighted by Crippen LogP contribution is -2.54. The lowest BCUT2D eigenvalue weighted by Gasteiger charge is -2.26. The van der Waals surface area contributed by atoms with Crippen molar-refractivity contribution in [2.24, 2.45) is 0 Å². The van der Waals surface area contributed by atoms with E-state index in [9.17, 15) is 24.5 Å². The number of anilines is 1. The Balaban J connectivity index is 1.96. The van der Waals surface area contributed by atoms with Crippen LogP contribution in [0.1, 0.15) is 12.5 Å². The van der Waals surface area contributed by atoms with Gasteiger partial charge in [-0.1, -0.05) is 18.2 Å². The van der Waals surface area contributed by atoms with Crippen LogP contribution in [-0.4, -0.2) is 29.4 Å². The van der Waals surface area contributed by atoms with Crippen LogP contribution in [0.3, 0.4) is 0 Å². The van der Waals surface area contributed by atoms with Gasteiger partial charge in [0.1, 0.15) is 11.3 Å². The Kier molecular flexibility index (Phi) is 5.16. The van der Waals surface area contributed by atoms with Gasteiger partial charge in [0, 0.05) is 12.1 Å². The van der Waals surface area contributed by atoms with Crippen LogP contribution in [0.25, 0.3) is 6.08 Å². The Labute approximate surface area is 159 Å². The maximum absolute atomic E-state index is 12.8. The number of nitrogens with one attached hydrogen (secondary N) is 1. The summed E-state index contributed by atoms with van der Waals surface area (Å²) in [6, 6.07) is 10.8. The molecule has 1 heterocycles. The van der Waals surface area contributed by atoms with Gasteiger partial charge in [0.15, 0.2) is 0 Å². The van der Waals surface area contributed by atoms with E-state index in [4.69, 9.17) is 4.74 Å². The number of hydrogen-bond acceptors (Lipinski definition) is 6. The number of nitrogens with zero attached hydrogens (tertiary/aromatic N) is 2. The maximum Gasteiger partial charge on any atom is 0.335 e. The molecule has 0 aromatic heterocycles. The van der Waals surface area contributed by atoms with Crippen LogP contribution in [0.2, 0.25) is 0 Å². The van der Waals surface area contributed by atoms with Crippen molar-refractivity contribution in [2.45, 2.75) is 6.92 Å². The van der Waals surface area contributed by atoms with Gasteiger partial charge in [0.2, 0.25) is 0 Å². The first kappa shape index (κ1) is 18.8. The third-order valence-electron chi connectivity index (χ3n) is 3.90.